The average Bonchev–Trinajstić information content (AvgIpc) is 1.77. The molecule has 1 rings (SSSR count). The molecule has 0 bridgehead atoms. The quantitative estimate of drug-likeness (QED) is 0.626. The summed E-state index contributed by atoms with van der Waals surface area (Å²) in [5.74, 6) is 0. The summed E-state index contributed by atoms with van der Waals surface area (Å²) in [4.78, 5) is 0. The molecule has 48 valence electrons. The molecule has 0 amide bonds. The molecule has 2 radical (unpaired) electrons. The van der Waals surface area contributed by atoms with Crippen LogP contribution in [0.15, 0.2) is 33.2 Å². The summed E-state index contributed by atoms with van der Waals surface area (Å²) >= 11 is 6.70. The molecule has 0 fully saturated rings. The van der Waals surface area contributed by atoms with Crippen LogP contribution in [0.4, 0.5) is 0 Å². The molecule has 0 saturated heterocycles. The second-order valence-corrected chi connectivity index (χ2v) is 3.12. The predicted octanol–water partition coefficient (Wildman–Crippen LogP) is 2.30. The molecule has 0 atom stereocenters. The third kappa shape index (κ3) is 3.05. The van der Waals surface area contributed by atoms with Gasteiger partial charge in [0.05, 0.1) is 0 Å². The number of hydrogen-bond acceptors (Lipinski definition) is 0. The fourth-order valence-electron chi connectivity index (χ4n) is 0.439. The van der Waals surface area contributed by atoms with Crippen molar-refractivity contribution >= 4 is 55.8 Å². The Bertz CT molecular complexity index is 167. The number of rotatable bonds is 0. The first-order valence-corrected chi connectivity index (χ1v) is 3.79. The first-order chi connectivity index (χ1) is 3.80. The van der Waals surface area contributed by atoms with Gasteiger partial charge in [0.2, 0.25) is 0 Å². The van der Waals surface area contributed by atoms with Crippen molar-refractivity contribution in [3.63, 3.8) is 0 Å². The van der Waals surface area contributed by atoms with Gasteiger partial charge in [-0.3, -0.25) is 0 Å². The molecule has 0 heterocycles. The van der Waals surface area contributed by atoms with Crippen molar-refractivity contribution < 1.29 is 0 Å². The zero-order chi connectivity index (χ0) is 5.98. The van der Waals surface area contributed by atoms with E-state index >= 15 is 0 Å². The Kier molecular flexibility index (Phi) is 5.26. The molecule has 0 aliphatic carbocycles. The molecule has 0 N–H and O–H groups in total. The molecule has 0 aliphatic heterocycles. The van der Waals surface area contributed by atoms with Crippen LogP contribution in [0.5, 0.6) is 0 Å². The van der Waals surface area contributed by atoms with Crippen LogP contribution >= 0.6 is 31.9 Å². The monoisotopic (exact) mass is 356 g/mol. The van der Waals surface area contributed by atoms with Crippen LogP contribution in [-0.4, -0.2) is 23.9 Å². The Labute approximate surface area is 88.2 Å². The van der Waals surface area contributed by atoms with Crippen LogP contribution in [0.2, 0.25) is 0 Å². The van der Waals surface area contributed by atoms with Crippen molar-refractivity contribution in [2.24, 2.45) is 0 Å². The van der Waals surface area contributed by atoms with Gasteiger partial charge in [0.1, 0.15) is 0 Å². The van der Waals surface area contributed by atoms with E-state index in [1.807, 2.05) is 24.3 Å². The fraction of sp³-hybridized carbons (Fsp3) is 0. The van der Waals surface area contributed by atoms with Gasteiger partial charge in [-0.25, -0.2) is 0 Å². The summed E-state index contributed by atoms with van der Waals surface area (Å²) in [6.07, 6.45) is 0. The van der Waals surface area contributed by atoms with Gasteiger partial charge in [-0.2, -0.15) is 0 Å². The molecule has 0 aliphatic rings. The maximum atomic E-state index is 3.35. The molecular weight excluding hydrogens is 351 g/mol. The van der Waals surface area contributed by atoms with Gasteiger partial charge in [-0.05, 0) is 44.0 Å². The maximum absolute atomic E-state index is 3.35. The summed E-state index contributed by atoms with van der Waals surface area (Å²) in [5, 5.41) is 0. The van der Waals surface area contributed by atoms with Crippen LogP contribution in [0.1, 0.15) is 0 Å². The van der Waals surface area contributed by atoms with Crippen molar-refractivity contribution in [1.29, 1.82) is 0 Å². The van der Waals surface area contributed by atoms with E-state index in [9.17, 15) is 0 Å². The molecule has 0 nitrogen and oxygen atoms in total. The summed E-state index contributed by atoms with van der Waals surface area (Å²) in [6, 6.07) is 7.94. The summed E-state index contributed by atoms with van der Waals surface area (Å²) in [5.41, 5.74) is 0. The Hall–Kier alpha value is 0.979. The Morgan fingerprint density at radius 3 is 1.44 bits per heavy atom. The standard InChI is InChI=1S/C6H4Br2.Sn.2H/c7-5-3-1-2-4-6(5)8;;;/h1-4H;;;. The van der Waals surface area contributed by atoms with Gasteiger partial charge >= 0.3 is 23.9 Å². The Morgan fingerprint density at radius 1 is 0.889 bits per heavy atom. The minimum absolute atomic E-state index is 0. The number of benzene rings is 1. The van der Waals surface area contributed by atoms with Gasteiger partial charge in [-0.15, -0.1) is 0 Å². The van der Waals surface area contributed by atoms with Gasteiger partial charge < -0.3 is 0 Å². The number of hydrogen-bond donors (Lipinski definition) is 0. The van der Waals surface area contributed by atoms with Crippen molar-refractivity contribution in [1.82, 2.24) is 0 Å². The first kappa shape index (κ1) is 9.98. The van der Waals surface area contributed by atoms with Crippen molar-refractivity contribution in [3.05, 3.63) is 33.2 Å². The van der Waals surface area contributed by atoms with Crippen molar-refractivity contribution in [2.75, 3.05) is 0 Å². The second-order valence-electron chi connectivity index (χ2n) is 1.41. The van der Waals surface area contributed by atoms with E-state index in [-0.39, 0.29) is 23.9 Å². The van der Waals surface area contributed by atoms with Gasteiger partial charge in [0.25, 0.3) is 0 Å². The van der Waals surface area contributed by atoms with Gasteiger partial charge in [0.15, 0.2) is 0 Å². The Morgan fingerprint density at radius 2 is 1.22 bits per heavy atom. The van der Waals surface area contributed by atoms with E-state index in [4.69, 9.17) is 0 Å². The molecule has 0 unspecified atom stereocenters. The summed E-state index contributed by atoms with van der Waals surface area (Å²) < 4.78 is 2.19. The minimum atomic E-state index is 0. The molecule has 0 saturated carbocycles. The third-order valence-corrected chi connectivity index (χ3v) is 2.74. The van der Waals surface area contributed by atoms with Gasteiger partial charge in [0, 0.05) is 8.95 Å². The van der Waals surface area contributed by atoms with Crippen LogP contribution in [0.25, 0.3) is 0 Å². The van der Waals surface area contributed by atoms with E-state index < -0.39 is 0 Å². The fourth-order valence-corrected chi connectivity index (χ4v) is 1.01. The average molecular weight is 357 g/mol. The predicted molar refractivity (Wildman–Crippen MR) is 50.4 cm³/mol. The number of halogens is 2. The molecule has 0 aromatic heterocycles. The van der Waals surface area contributed by atoms with Crippen LogP contribution in [0.3, 0.4) is 0 Å². The summed E-state index contributed by atoms with van der Waals surface area (Å²) in [6.45, 7) is 0. The molecular formula is C6H6Br2Sn. The van der Waals surface area contributed by atoms with E-state index in [2.05, 4.69) is 31.9 Å². The van der Waals surface area contributed by atoms with Crippen molar-refractivity contribution in [3.8, 4) is 0 Å². The summed E-state index contributed by atoms with van der Waals surface area (Å²) in [7, 11) is 0. The molecule has 1 aromatic rings. The van der Waals surface area contributed by atoms with E-state index in [1.54, 1.807) is 0 Å². The zero-order valence-corrected chi connectivity index (χ0v) is 12.0. The van der Waals surface area contributed by atoms with E-state index in [0.717, 1.165) is 8.95 Å². The molecule has 9 heavy (non-hydrogen) atoms. The molecule has 3 heteroatoms. The first-order valence-electron chi connectivity index (χ1n) is 2.21. The van der Waals surface area contributed by atoms with Crippen LogP contribution < -0.4 is 0 Å². The van der Waals surface area contributed by atoms with Gasteiger partial charge in [-0.1, -0.05) is 12.1 Å². The van der Waals surface area contributed by atoms with E-state index in [0.29, 0.717) is 0 Å². The SMILES string of the molecule is Brc1ccccc1Br.[SnH2]. The Balaban J connectivity index is 0.000000640. The molecule has 1 aromatic carbocycles. The normalized spacial score (nSPS) is 8.22. The third-order valence-electron chi connectivity index (χ3n) is 0.824. The van der Waals surface area contributed by atoms with Crippen LogP contribution in [-0.2, 0) is 0 Å². The molecule has 0 spiro atoms. The van der Waals surface area contributed by atoms with E-state index in [1.165, 1.54) is 0 Å². The van der Waals surface area contributed by atoms with Crippen molar-refractivity contribution in [2.45, 2.75) is 0 Å². The zero-order valence-electron chi connectivity index (χ0n) is 4.77. The second kappa shape index (κ2) is 4.74. The van der Waals surface area contributed by atoms with Crippen LogP contribution in [0, 0.1) is 0 Å². The topological polar surface area (TPSA) is 0 Å².